The molecule has 1 aliphatic rings. The molecular formula is C20H21ClN3OS+. The lowest BCUT2D eigenvalue weighted by Gasteiger charge is -2.19. The molecule has 2 atom stereocenters. The molecule has 0 saturated carbocycles. The predicted octanol–water partition coefficient (Wildman–Crippen LogP) is 3.62. The quantitative estimate of drug-likeness (QED) is 0.719. The van der Waals surface area contributed by atoms with Gasteiger partial charge in [-0.15, -0.1) is 11.3 Å². The molecule has 6 heteroatoms. The van der Waals surface area contributed by atoms with E-state index in [1.54, 1.807) is 11.3 Å². The molecular weight excluding hydrogens is 366 g/mol. The second kappa shape index (κ2) is 7.35. The van der Waals surface area contributed by atoms with Crippen LogP contribution in [0.1, 0.15) is 29.5 Å². The summed E-state index contributed by atoms with van der Waals surface area (Å²) in [5, 5.41) is 4.67. The molecule has 4 rings (SSSR count). The summed E-state index contributed by atoms with van der Waals surface area (Å²) in [6.07, 6.45) is 2.20. The lowest BCUT2D eigenvalue weighted by Crippen LogP contribution is -3.11. The SMILES string of the molecule is Cc1ccc(NC(=O)C[NH+]2CCC[C@H]2c2nc3ccccc3s2)c(Cl)c1. The molecule has 0 aliphatic carbocycles. The molecule has 1 amide bonds. The largest absolute Gasteiger partial charge is 0.320 e. The van der Waals surface area contributed by atoms with E-state index in [4.69, 9.17) is 16.6 Å². The maximum atomic E-state index is 12.5. The molecule has 134 valence electrons. The van der Waals surface area contributed by atoms with Crippen LogP contribution in [0.3, 0.4) is 0 Å². The van der Waals surface area contributed by atoms with Crippen molar-refractivity contribution in [1.29, 1.82) is 0 Å². The number of carbonyl (C=O) groups is 1. The van der Waals surface area contributed by atoms with E-state index >= 15 is 0 Å². The van der Waals surface area contributed by atoms with Crippen LogP contribution in [0.15, 0.2) is 42.5 Å². The van der Waals surface area contributed by atoms with Crippen molar-refractivity contribution < 1.29 is 9.69 Å². The van der Waals surface area contributed by atoms with E-state index in [1.165, 1.54) is 9.60 Å². The number of anilines is 1. The van der Waals surface area contributed by atoms with Gasteiger partial charge in [0.1, 0.15) is 6.04 Å². The number of aromatic nitrogens is 1. The standard InChI is InChI=1S/C20H20ClN3OS/c1-13-8-9-15(14(21)11-13)22-19(25)12-24-10-4-6-17(24)20-23-16-5-2-3-7-18(16)26-20/h2-3,5,7-9,11,17H,4,6,10,12H2,1H3,(H,22,25)/p+1/t17-/m0/s1. The summed E-state index contributed by atoms with van der Waals surface area (Å²) in [5.74, 6) is -0.00114. The van der Waals surface area contributed by atoms with Crippen molar-refractivity contribution in [2.75, 3.05) is 18.4 Å². The predicted molar refractivity (Wildman–Crippen MR) is 107 cm³/mol. The smallest absolute Gasteiger partial charge is 0.279 e. The van der Waals surface area contributed by atoms with Crippen LogP contribution in [0.5, 0.6) is 0 Å². The number of benzene rings is 2. The van der Waals surface area contributed by atoms with Crippen LogP contribution in [0, 0.1) is 6.92 Å². The lowest BCUT2D eigenvalue weighted by molar-refractivity contribution is -0.910. The fraction of sp³-hybridized carbons (Fsp3) is 0.300. The van der Waals surface area contributed by atoms with Crippen LogP contribution in [0.2, 0.25) is 5.02 Å². The van der Waals surface area contributed by atoms with Crippen LogP contribution < -0.4 is 10.2 Å². The maximum absolute atomic E-state index is 12.5. The number of fused-ring (bicyclic) bond motifs is 1. The van der Waals surface area contributed by atoms with Gasteiger partial charge in [0.25, 0.3) is 5.91 Å². The summed E-state index contributed by atoms with van der Waals surface area (Å²) in [4.78, 5) is 18.6. The zero-order valence-electron chi connectivity index (χ0n) is 14.6. The summed E-state index contributed by atoms with van der Waals surface area (Å²) in [7, 11) is 0. The Balaban J connectivity index is 1.47. The first-order valence-corrected chi connectivity index (χ1v) is 10.1. The highest BCUT2D eigenvalue weighted by atomic mass is 35.5. The van der Waals surface area contributed by atoms with Crippen LogP contribution in [-0.2, 0) is 4.79 Å². The summed E-state index contributed by atoms with van der Waals surface area (Å²) < 4.78 is 1.21. The third kappa shape index (κ3) is 3.61. The molecule has 0 spiro atoms. The molecule has 2 aromatic carbocycles. The Morgan fingerprint density at radius 1 is 1.35 bits per heavy atom. The molecule has 3 aromatic rings. The number of halogens is 1. The van der Waals surface area contributed by atoms with Gasteiger partial charge in [-0.25, -0.2) is 4.98 Å². The first-order valence-electron chi connectivity index (χ1n) is 8.86. The molecule has 1 aliphatic heterocycles. The number of nitrogens with zero attached hydrogens (tertiary/aromatic N) is 1. The van der Waals surface area contributed by atoms with Gasteiger partial charge in [-0.05, 0) is 36.8 Å². The minimum Gasteiger partial charge on any atom is -0.320 e. The fourth-order valence-electron chi connectivity index (χ4n) is 3.58. The van der Waals surface area contributed by atoms with Gasteiger partial charge in [0.2, 0.25) is 0 Å². The topological polar surface area (TPSA) is 46.4 Å². The number of aryl methyl sites for hydroxylation is 1. The number of amides is 1. The summed E-state index contributed by atoms with van der Waals surface area (Å²) >= 11 is 7.98. The number of nitrogens with one attached hydrogen (secondary N) is 2. The molecule has 2 heterocycles. The molecule has 1 aromatic heterocycles. The van der Waals surface area contributed by atoms with Crippen molar-refractivity contribution in [3.05, 3.63) is 58.1 Å². The second-order valence-corrected chi connectivity index (χ2v) is 8.30. The highest BCUT2D eigenvalue weighted by Crippen LogP contribution is 2.28. The van der Waals surface area contributed by atoms with Gasteiger partial charge in [-0.1, -0.05) is 29.8 Å². The molecule has 0 bridgehead atoms. The van der Waals surface area contributed by atoms with E-state index in [-0.39, 0.29) is 5.91 Å². The van der Waals surface area contributed by atoms with Crippen LogP contribution in [-0.4, -0.2) is 24.0 Å². The number of likely N-dealkylation sites (tertiary alicyclic amines) is 1. The number of hydrogen-bond acceptors (Lipinski definition) is 3. The number of hydrogen-bond donors (Lipinski definition) is 2. The van der Waals surface area contributed by atoms with Gasteiger partial charge in [0, 0.05) is 12.8 Å². The molecule has 1 saturated heterocycles. The molecule has 2 N–H and O–H groups in total. The number of carbonyl (C=O) groups excluding carboxylic acids is 1. The van der Waals surface area contributed by atoms with Gasteiger partial charge in [-0.3, -0.25) is 4.79 Å². The van der Waals surface area contributed by atoms with Crippen molar-refractivity contribution >= 4 is 44.7 Å². The molecule has 4 nitrogen and oxygen atoms in total. The highest BCUT2D eigenvalue weighted by Gasteiger charge is 2.34. The van der Waals surface area contributed by atoms with Gasteiger partial charge < -0.3 is 10.2 Å². The highest BCUT2D eigenvalue weighted by molar-refractivity contribution is 7.18. The van der Waals surface area contributed by atoms with Gasteiger partial charge in [0.15, 0.2) is 11.6 Å². The zero-order chi connectivity index (χ0) is 18.1. The normalized spacial score (nSPS) is 19.8. The molecule has 0 radical (unpaired) electrons. The van der Waals surface area contributed by atoms with Gasteiger partial charge in [0.05, 0.1) is 27.5 Å². The molecule has 1 fully saturated rings. The molecule has 1 unspecified atom stereocenters. The Morgan fingerprint density at radius 3 is 3.00 bits per heavy atom. The minimum absolute atomic E-state index is 0.00114. The van der Waals surface area contributed by atoms with E-state index in [2.05, 4.69) is 17.4 Å². The Labute approximate surface area is 161 Å². The van der Waals surface area contributed by atoms with Crippen molar-refractivity contribution in [1.82, 2.24) is 4.98 Å². The first kappa shape index (κ1) is 17.5. The van der Waals surface area contributed by atoms with Crippen LogP contribution in [0.4, 0.5) is 5.69 Å². The van der Waals surface area contributed by atoms with Crippen LogP contribution >= 0.6 is 22.9 Å². The van der Waals surface area contributed by atoms with E-state index in [9.17, 15) is 4.79 Å². The number of thiazole rings is 1. The zero-order valence-corrected chi connectivity index (χ0v) is 16.2. The fourth-order valence-corrected chi connectivity index (χ4v) is 5.03. The van der Waals surface area contributed by atoms with Crippen LogP contribution in [0.25, 0.3) is 10.2 Å². The average Bonchev–Trinajstić information content (AvgIpc) is 3.23. The average molecular weight is 387 g/mol. The van der Waals surface area contributed by atoms with Crippen molar-refractivity contribution in [2.45, 2.75) is 25.8 Å². The monoisotopic (exact) mass is 386 g/mol. The van der Waals surface area contributed by atoms with E-state index in [0.717, 1.165) is 35.5 Å². The number of para-hydroxylation sites is 1. The minimum atomic E-state index is -0.00114. The van der Waals surface area contributed by atoms with E-state index in [0.29, 0.717) is 23.3 Å². The number of rotatable bonds is 4. The Morgan fingerprint density at radius 2 is 2.19 bits per heavy atom. The van der Waals surface area contributed by atoms with Crippen molar-refractivity contribution in [3.8, 4) is 0 Å². The van der Waals surface area contributed by atoms with Crippen molar-refractivity contribution in [2.24, 2.45) is 0 Å². The second-order valence-electron chi connectivity index (χ2n) is 6.83. The molecule has 26 heavy (non-hydrogen) atoms. The summed E-state index contributed by atoms with van der Waals surface area (Å²) in [6.45, 7) is 3.41. The van der Waals surface area contributed by atoms with E-state index in [1.807, 2.05) is 37.3 Å². The Kier molecular flexibility index (Phi) is 4.94. The van der Waals surface area contributed by atoms with E-state index < -0.39 is 0 Å². The third-order valence-corrected chi connectivity index (χ3v) is 6.34. The first-order chi connectivity index (χ1) is 12.6. The van der Waals surface area contributed by atoms with Gasteiger partial charge >= 0.3 is 0 Å². The van der Waals surface area contributed by atoms with Gasteiger partial charge in [-0.2, -0.15) is 0 Å². The Bertz CT molecular complexity index is 922. The maximum Gasteiger partial charge on any atom is 0.279 e. The third-order valence-electron chi connectivity index (χ3n) is 4.88. The van der Waals surface area contributed by atoms with Crippen molar-refractivity contribution in [3.63, 3.8) is 0 Å². The number of quaternary nitrogens is 1. The summed E-state index contributed by atoms with van der Waals surface area (Å²) in [6, 6.07) is 14.2. The Hall–Kier alpha value is -1.95. The lowest BCUT2D eigenvalue weighted by atomic mass is 10.2. The summed E-state index contributed by atoms with van der Waals surface area (Å²) in [5.41, 5.74) is 2.81.